The Bertz CT molecular complexity index is 1020. The van der Waals surface area contributed by atoms with Crippen LogP contribution < -0.4 is 4.74 Å². The van der Waals surface area contributed by atoms with Crippen molar-refractivity contribution in [3.8, 4) is 5.75 Å². The Hall–Kier alpha value is -3.40. The zero-order chi connectivity index (χ0) is 22.3. The van der Waals surface area contributed by atoms with Crippen LogP contribution in [0.3, 0.4) is 0 Å². The second kappa shape index (κ2) is 10.1. The van der Waals surface area contributed by atoms with Crippen molar-refractivity contribution >= 4 is 11.9 Å². The number of rotatable bonds is 7. The fourth-order valence-electron chi connectivity index (χ4n) is 3.13. The first-order valence-corrected chi connectivity index (χ1v) is 10.5. The van der Waals surface area contributed by atoms with Crippen molar-refractivity contribution in [3.05, 3.63) is 101 Å². The molecule has 4 nitrogen and oxygen atoms in total. The van der Waals surface area contributed by atoms with Crippen LogP contribution in [0.15, 0.2) is 78.9 Å². The van der Waals surface area contributed by atoms with Crippen molar-refractivity contribution in [2.45, 2.75) is 39.0 Å². The first-order chi connectivity index (χ1) is 14.8. The van der Waals surface area contributed by atoms with Gasteiger partial charge in [0, 0.05) is 0 Å². The van der Waals surface area contributed by atoms with E-state index in [2.05, 4.69) is 32.9 Å². The number of hydrogen-bond donors (Lipinski definition) is 0. The van der Waals surface area contributed by atoms with E-state index in [4.69, 9.17) is 9.47 Å². The van der Waals surface area contributed by atoms with Crippen LogP contribution in [0, 0.1) is 0 Å². The maximum Gasteiger partial charge on any atom is 0.343 e. The minimum absolute atomic E-state index is 0.0121. The molecule has 0 aromatic heterocycles. The number of carbonyl (C=O) groups is 2. The highest BCUT2D eigenvalue weighted by atomic mass is 16.5. The maximum absolute atomic E-state index is 12.5. The molecule has 0 spiro atoms. The van der Waals surface area contributed by atoms with Gasteiger partial charge in [-0.1, -0.05) is 69.3 Å². The van der Waals surface area contributed by atoms with Crippen LogP contribution in [0.1, 0.15) is 59.0 Å². The molecule has 3 aromatic rings. The number of hydrogen-bond acceptors (Lipinski definition) is 4. The third kappa shape index (κ3) is 6.54. The summed E-state index contributed by atoms with van der Waals surface area (Å²) in [6, 6.07) is 23.9. The van der Waals surface area contributed by atoms with Crippen molar-refractivity contribution in [2.75, 3.05) is 6.61 Å². The predicted octanol–water partition coefficient (Wildman–Crippen LogP) is 5.99. The molecule has 0 fully saturated rings. The summed E-state index contributed by atoms with van der Waals surface area (Å²) in [6.45, 7) is 6.68. The Labute approximate surface area is 183 Å². The van der Waals surface area contributed by atoms with Crippen molar-refractivity contribution < 1.29 is 19.1 Å². The van der Waals surface area contributed by atoms with E-state index in [0.29, 0.717) is 23.5 Å². The molecular formula is C27H28O4. The van der Waals surface area contributed by atoms with E-state index >= 15 is 0 Å². The van der Waals surface area contributed by atoms with Crippen LogP contribution in [-0.2, 0) is 16.6 Å². The summed E-state index contributed by atoms with van der Waals surface area (Å²) in [4.78, 5) is 24.8. The van der Waals surface area contributed by atoms with Crippen LogP contribution in [0.25, 0.3) is 0 Å². The van der Waals surface area contributed by atoms with Gasteiger partial charge in [-0.3, -0.25) is 0 Å². The minimum atomic E-state index is -0.464. The fourth-order valence-corrected chi connectivity index (χ4v) is 3.13. The minimum Gasteiger partial charge on any atom is -0.462 e. The highest BCUT2D eigenvalue weighted by molar-refractivity contribution is 5.92. The topological polar surface area (TPSA) is 52.6 Å². The predicted molar refractivity (Wildman–Crippen MR) is 122 cm³/mol. The van der Waals surface area contributed by atoms with E-state index in [0.717, 1.165) is 18.4 Å². The molecule has 0 aliphatic heterocycles. The van der Waals surface area contributed by atoms with Gasteiger partial charge in [0.2, 0.25) is 0 Å². The van der Waals surface area contributed by atoms with Crippen LogP contribution in [0.2, 0.25) is 0 Å². The first-order valence-electron chi connectivity index (χ1n) is 10.5. The third-order valence-corrected chi connectivity index (χ3v) is 4.95. The van der Waals surface area contributed by atoms with Gasteiger partial charge < -0.3 is 9.47 Å². The number of esters is 2. The smallest absolute Gasteiger partial charge is 0.343 e. The van der Waals surface area contributed by atoms with Gasteiger partial charge in [0.1, 0.15) is 5.75 Å². The molecule has 0 saturated carbocycles. The van der Waals surface area contributed by atoms with Gasteiger partial charge in [-0.15, -0.1) is 0 Å². The molecule has 160 valence electrons. The molecule has 0 bridgehead atoms. The zero-order valence-corrected chi connectivity index (χ0v) is 18.3. The summed E-state index contributed by atoms with van der Waals surface area (Å²) in [6.07, 6.45) is 1.59. The van der Waals surface area contributed by atoms with Crippen LogP contribution >= 0.6 is 0 Å². The van der Waals surface area contributed by atoms with Crippen LogP contribution in [-0.4, -0.2) is 18.5 Å². The summed E-state index contributed by atoms with van der Waals surface area (Å²) in [7, 11) is 0. The van der Waals surface area contributed by atoms with Crippen molar-refractivity contribution in [3.63, 3.8) is 0 Å². The normalized spacial score (nSPS) is 11.1. The highest BCUT2D eigenvalue weighted by Crippen LogP contribution is 2.23. The molecule has 0 amide bonds. The average Bonchev–Trinajstić information content (AvgIpc) is 2.77. The van der Waals surface area contributed by atoms with E-state index in [1.807, 2.05) is 30.3 Å². The number of aryl methyl sites for hydroxylation is 1. The van der Waals surface area contributed by atoms with Gasteiger partial charge in [-0.05, 0) is 59.7 Å². The fraction of sp³-hybridized carbons (Fsp3) is 0.259. The Morgan fingerprint density at radius 1 is 0.774 bits per heavy atom. The Morgan fingerprint density at radius 3 is 2.16 bits per heavy atom. The number of carbonyl (C=O) groups excluding carboxylic acids is 2. The van der Waals surface area contributed by atoms with Crippen molar-refractivity contribution in [2.24, 2.45) is 0 Å². The van der Waals surface area contributed by atoms with E-state index in [9.17, 15) is 9.59 Å². The first kappa shape index (κ1) is 22.3. The van der Waals surface area contributed by atoms with E-state index in [-0.39, 0.29) is 5.41 Å². The molecule has 3 rings (SSSR count). The largest absolute Gasteiger partial charge is 0.462 e. The van der Waals surface area contributed by atoms with Crippen LogP contribution in [0.4, 0.5) is 0 Å². The van der Waals surface area contributed by atoms with Crippen LogP contribution in [0.5, 0.6) is 5.75 Å². The van der Waals surface area contributed by atoms with Gasteiger partial charge in [0.15, 0.2) is 0 Å². The van der Waals surface area contributed by atoms with E-state index in [1.54, 1.807) is 30.3 Å². The summed E-state index contributed by atoms with van der Waals surface area (Å²) < 4.78 is 10.8. The van der Waals surface area contributed by atoms with Crippen molar-refractivity contribution in [1.29, 1.82) is 0 Å². The second-order valence-corrected chi connectivity index (χ2v) is 8.47. The standard InChI is InChI=1S/C27H28O4/c1-27(2,3)23-16-14-21(15-17-23)26(29)31-24-13-7-12-22(19-24)25(28)30-18-8-11-20-9-5-4-6-10-20/h4-7,9-10,12-17,19H,8,11,18H2,1-3H3. The molecule has 0 saturated heterocycles. The molecule has 0 heterocycles. The zero-order valence-electron chi connectivity index (χ0n) is 18.3. The van der Waals surface area contributed by atoms with Gasteiger partial charge in [-0.25, -0.2) is 9.59 Å². The lowest BCUT2D eigenvalue weighted by molar-refractivity contribution is 0.0498. The Kier molecular flexibility index (Phi) is 7.24. The number of ether oxygens (including phenoxy) is 2. The van der Waals surface area contributed by atoms with Gasteiger partial charge in [-0.2, -0.15) is 0 Å². The molecule has 4 heteroatoms. The van der Waals surface area contributed by atoms with Crippen molar-refractivity contribution in [1.82, 2.24) is 0 Å². The molecule has 0 radical (unpaired) electrons. The lowest BCUT2D eigenvalue weighted by Crippen LogP contribution is -2.13. The SMILES string of the molecule is CC(C)(C)c1ccc(C(=O)Oc2cccc(C(=O)OCCCc3ccccc3)c2)cc1. The second-order valence-electron chi connectivity index (χ2n) is 8.47. The molecule has 0 aliphatic carbocycles. The lowest BCUT2D eigenvalue weighted by atomic mass is 9.87. The maximum atomic E-state index is 12.5. The molecule has 0 aliphatic rings. The molecule has 31 heavy (non-hydrogen) atoms. The van der Waals surface area contributed by atoms with Gasteiger partial charge in [0.25, 0.3) is 0 Å². The molecule has 0 unspecified atom stereocenters. The highest BCUT2D eigenvalue weighted by Gasteiger charge is 2.16. The summed E-state index contributed by atoms with van der Waals surface area (Å²) in [5.74, 6) is -0.585. The lowest BCUT2D eigenvalue weighted by Gasteiger charge is -2.18. The summed E-state index contributed by atoms with van der Waals surface area (Å²) >= 11 is 0. The Balaban J connectivity index is 1.54. The quantitative estimate of drug-likeness (QED) is 0.270. The van der Waals surface area contributed by atoms with Gasteiger partial charge >= 0.3 is 11.9 Å². The monoisotopic (exact) mass is 416 g/mol. The number of benzene rings is 3. The molecular weight excluding hydrogens is 388 g/mol. The van der Waals surface area contributed by atoms with E-state index < -0.39 is 11.9 Å². The van der Waals surface area contributed by atoms with Gasteiger partial charge in [0.05, 0.1) is 17.7 Å². The molecule has 0 atom stereocenters. The third-order valence-electron chi connectivity index (χ3n) is 4.95. The molecule has 0 N–H and O–H groups in total. The molecule has 3 aromatic carbocycles. The summed E-state index contributed by atoms with van der Waals surface area (Å²) in [5, 5.41) is 0. The average molecular weight is 417 g/mol. The Morgan fingerprint density at radius 2 is 1.48 bits per heavy atom. The van der Waals surface area contributed by atoms with E-state index in [1.165, 1.54) is 11.6 Å². The summed E-state index contributed by atoms with van der Waals surface area (Å²) in [5.41, 5.74) is 3.18.